The van der Waals surface area contributed by atoms with Gasteiger partial charge in [0.25, 0.3) is 0 Å². The number of benzene rings is 1. The number of hydrogen-bond acceptors (Lipinski definition) is 7. The first kappa shape index (κ1) is 35.7. The molecule has 2 atom stereocenters. The number of nitrogens with zero attached hydrogens (tertiary/aromatic N) is 1. The molecule has 0 radical (unpaired) electrons. The fraction of sp³-hybridized carbons (Fsp3) is 0.677. The number of alkyl carbamates (subject to hydrolysis) is 1. The summed E-state index contributed by atoms with van der Waals surface area (Å²) < 4.78 is 10.4. The van der Waals surface area contributed by atoms with Gasteiger partial charge in [-0.3, -0.25) is 14.4 Å². The Bertz CT molecular complexity index is 1000. The van der Waals surface area contributed by atoms with Gasteiger partial charge in [-0.1, -0.05) is 58.2 Å². The molecule has 1 aromatic carbocycles. The lowest BCUT2D eigenvalue weighted by molar-refractivity contribution is -0.144. The summed E-state index contributed by atoms with van der Waals surface area (Å²) in [5, 5.41) is 16.5. The highest BCUT2D eigenvalue weighted by molar-refractivity contribution is 5.92. The molecule has 0 fully saturated rings. The van der Waals surface area contributed by atoms with Crippen molar-refractivity contribution in [1.82, 2.24) is 15.5 Å². The lowest BCUT2D eigenvalue weighted by Gasteiger charge is -2.35. The van der Waals surface area contributed by atoms with Gasteiger partial charge in [-0.2, -0.15) is 0 Å². The van der Waals surface area contributed by atoms with Crippen LogP contribution in [0.4, 0.5) is 4.79 Å². The summed E-state index contributed by atoms with van der Waals surface area (Å²) in [6.07, 6.45) is 2.97. The minimum atomic E-state index is -1.19. The highest BCUT2D eigenvalue weighted by atomic mass is 16.6. The summed E-state index contributed by atoms with van der Waals surface area (Å²) in [4.78, 5) is 54.1. The van der Waals surface area contributed by atoms with Crippen molar-refractivity contribution in [3.8, 4) is 5.75 Å². The van der Waals surface area contributed by atoms with Gasteiger partial charge in [-0.15, -0.1) is 0 Å². The second-order valence-corrected chi connectivity index (χ2v) is 11.7. The van der Waals surface area contributed by atoms with Gasteiger partial charge in [0, 0.05) is 18.7 Å². The van der Waals surface area contributed by atoms with Gasteiger partial charge < -0.3 is 30.1 Å². The third-order valence-corrected chi connectivity index (χ3v) is 6.29. The molecule has 3 amide bonds. The van der Waals surface area contributed by atoms with Crippen LogP contribution in [-0.2, 0) is 23.9 Å². The molecular weight excluding hydrogens is 526 g/mol. The Morgan fingerprint density at radius 1 is 1.05 bits per heavy atom. The van der Waals surface area contributed by atoms with Crippen LogP contribution in [0.3, 0.4) is 0 Å². The van der Waals surface area contributed by atoms with Crippen molar-refractivity contribution in [1.29, 1.82) is 0 Å². The van der Waals surface area contributed by atoms with Crippen LogP contribution >= 0.6 is 0 Å². The number of aryl methyl sites for hydroxylation is 1. The molecule has 0 aliphatic carbocycles. The number of hydrogen-bond donors (Lipinski definition) is 3. The zero-order valence-electron chi connectivity index (χ0n) is 26.2. The lowest BCUT2D eigenvalue weighted by Crippen LogP contribution is -2.53. The number of para-hydroxylation sites is 1. The molecule has 1 rings (SSSR count). The van der Waals surface area contributed by atoms with Crippen molar-refractivity contribution in [3.05, 3.63) is 29.3 Å². The summed E-state index contributed by atoms with van der Waals surface area (Å²) in [5.74, 6) is -1.49. The average molecular weight is 578 g/mol. The number of rotatable bonds is 16. The van der Waals surface area contributed by atoms with Crippen LogP contribution in [0.2, 0.25) is 0 Å². The van der Waals surface area contributed by atoms with Crippen LogP contribution in [0.25, 0.3) is 0 Å². The van der Waals surface area contributed by atoms with E-state index in [0.717, 1.165) is 19.3 Å². The monoisotopic (exact) mass is 577 g/mol. The Morgan fingerprint density at radius 2 is 1.73 bits per heavy atom. The highest BCUT2D eigenvalue weighted by Gasteiger charge is 2.37. The first-order valence-electron chi connectivity index (χ1n) is 14.7. The number of phenolic OH excluding ortho intramolecular Hbond substituents is 1. The standard InChI is InChI=1S/C31H51N3O7/c1-9-11-12-13-19-34(29(38)24(20-21(3)4)33-30(39)41-31(6,7)8)26(23-16-14-15-22(5)27(23)36)28(37)32-18-17-25(35)40-10-2/h14-16,21,24,26,36H,9-13,17-20H2,1-8H3,(H,32,37)(H,33,39). The molecule has 0 aliphatic heterocycles. The Hall–Kier alpha value is -3.30. The molecule has 3 N–H and O–H groups in total. The highest BCUT2D eigenvalue weighted by Crippen LogP contribution is 2.33. The average Bonchev–Trinajstić information content (AvgIpc) is 2.86. The number of nitrogens with one attached hydrogen (secondary N) is 2. The molecule has 0 heterocycles. The minimum Gasteiger partial charge on any atom is -0.507 e. The molecule has 0 bridgehead atoms. The number of phenols is 1. The fourth-order valence-electron chi connectivity index (χ4n) is 4.39. The van der Waals surface area contributed by atoms with Gasteiger partial charge in [0.15, 0.2) is 0 Å². The maximum absolute atomic E-state index is 14.2. The lowest BCUT2D eigenvalue weighted by atomic mass is 9.97. The summed E-state index contributed by atoms with van der Waals surface area (Å²) >= 11 is 0. The zero-order valence-corrected chi connectivity index (χ0v) is 26.2. The number of carbonyl (C=O) groups excluding carboxylic acids is 4. The van der Waals surface area contributed by atoms with E-state index in [-0.39, 0.29) is 43.3 Å². The number of aromatic hydroxyl groups is 1. The third-order valence-electron chi connectivity index (χ3n) is 6.29. The van der Waals surface area contributed by atoms with Crippen molar-refractivity contribution in [2.24, 2.45) is 5.92 Å². The minimum absolute atomic E-state index is 0.00416. The van der Waals surface area contributed by atoms with Crippen molar-refractivity contribution < 1.29 is 33.8 Å². The van der Waals surface area contributed by atoms with Crippen LogP contribution < -0.4 is 10.6 Å². The van der Waals surface area contributed by atoms with E-state index in [1.54, 1.807) is 52.8 Å². The predicted molar refractivity (Wildman–Crippen MR) is 158 cm³/mol. The second-order valence-electron chi connectivity index (χ2n) is 11.7. The molecular formula is C31H51N3O7. The maximum Gasteiger partial charge on any atom is 0.408 e. The Balaban J connectivity index is 3.52. The molecule has 2 unspecified atom stereocenters. The Labute approximate surface area is 245 Å². The van der Waals surface area contributed by atoms with Gasteiger partial charge in [-0.25, -0.2) is 4.79 Å². The number of carbonyl (C=O) groups is 4. The van der Waals surface area contributed by atoms with Crippen molar-refractivity contribution in [3.63, 3.8) is 0 Å². The normalized spacial score (nSPS) is 12.8. The van der Waals surface area contributed by atoms with Crippen molar-refractivity contribution in [2.75, 3.05) is 19.7 Å². The van der Waals surface area contributed by atoms with Crippen LogP contribution in [-0.4, -0.2) is 65.2 Å². The van der Waals surface area contributed by atoms with E-state index in [1.165, 1.54) is 4.90 Å². The molecule has 41 heavy (non-hydrogen) atoms. The first-order chi connectivity index (χ1) is 19.2. The van der Waals surface area contributed by atoms with E-state index in [4.69, 9.17) is 9.47 Å². The van der Waals surface area contributed by atoms with Gasteiger partial charge in [0.1, 0.15) is 23.4 Å². The topological polar surface area (TPSA) is 134 Å². The predicted octanol–water partition coefficient (Wildman–Crippen LogP) is 5.16. The SMILES string of the molecule is CCCCCCN(C(=O)C(CC(C)C)NC(=O)OC(C)(C)C)C(C(=O)NCCC(=O)OCC)c1cccc(C)c1O. The van der Waals surface area contributed by atoms with Gasteiger partial charge >= 0.3 is 12.1 Å². The van der Waals surface area contributed by atoms with E-state index in [9.17, 15) is 24.3 Å². The van der Waals surface area contributed by atoms with Gasteiger partial charge in [0.2, 0.25) is 11.8 Å². The quantitative estimate of drug-likeness (QED) is 0.182. The van der Waals surface area contributed by atoms with Gasteiger partial charge in [0.05, 0.1) is 13.0 Å². The van der Waals surface area contributed by atoms with E-state index in [0.29, 0.717) is 18.4 Å². The van der Waals surface area contributed by atoms with E-state index in [2.05, 4.69) is 17.6 Å². The summed E-state index contributed by atoms with van der Waals surface area (Å²) in [6.45, 7) is 15.1. The molecule has 0 aliphatic rings. The summed E-state index contributed by atoms with van der Waals surface area (Å²) in [5.41, 5.74) is 0.0585. The van der Waals surface area contributed by atoms with Gasteiger partial charge in [-0.05, 0) is 58.9 Å². The molecule has 10 nitrogen and oxygen atoms in total. The Morgan fingerprint density at radius 3 is 2.32 bits per heavy atom. The molecule has 0 saturated carbocycles. The third kappa shape index (κ3) is 12.8. The van der Waals surface area contributed by atoms with Crippen LogP contribution in [0.15, 0.2) is 18.2 Å². The summed E-state index contributed by atoms with van der Waals surface area (Å²) in [7, 11) is 0. The fourth-order valence-corrected chi connectivity index (χ4v) is 4.39. The molecule has 0 aromatic heterocycles. The number of ether oxygens (including phenoxy) is 2. The number of esters is 1. The molecule has 0 saturated heterocycles. The second kappa shape index (κ2) is 17.5. The van der Waals surface area contributed by atoms with Crippen molar-refractivity contribution >= 4 is 23.9 Å². The molecule has 232 valence electrons. The largest absolute Gasteiger partial charge is 0.507 e. The van der Waals surface area contributed by atoms with Crippen LogP contribution in [0.5, 0.6) is 5.75 Å². The number of unbranched alkanes of at least 4 members (excludes halogenated alkanes) is 3. The first-order valence-corrected chi connectivity index (χ1v) is 14.7. The summed E-state index contributed by atoms with van der Waals surface area (Å²) in [6, 6.07) is 2.89. The number of amides is 3. The van der Waals surface area contributed by atoms with Crippen LogP contribution in [0.1, 0.15) is 104 Å². The molecule has 1 aromatic rings. The Kier molecular flexibility index (Phi) is 15.2. The zero-order chi connectivity index (χ0) is 31.2. The van der Waals surface area contributed by atoms with Crippen molar-refractivity contribution in [2.45, 2.75) is 112 Å². The molecule has 10 heteroatoms. The smallest absolute Gasteiger partial charge is 0.408 e. The van der Waals surface area contributed by atoms with E-state index < -0.39 is 41.6 Å². The van der Waals surface area contributed by atoms with Crippen LogP contribution in [0, 0.1) is 12.8 Å². The molecule has 0 spiro atoms. The van der Waals surface area contributed by atoms with E-state index in [1.807, 2.05) is 13.8 Å². The maximum atomic E-state index is 14.2. The van der Waals surface area contributed by atoms with E-state index >= 15 is 0 Å².